The second-order valence-corrected chi connectivity index (χ2v) is 10.1. The number of carbonyl (C=O) groups excluding carboxylic acids is 1. The van der Waals surface area contributed by atoms with Crippen LogP contribution in [-0.4, -0.2) is 66.5 Å². The van der Waals surface area contributed by atoms with E-state index in [1.807, 2.05) is 17.2 Å². The Balaban J connectivity index is 1.54. The largest absolute Gasteiger partial charge is 0.373 e. The Morgan fingerprint density at radius 3 is 2.61 bits per heavy atom. The third-order valence-corrected chi connectivity index (χ3v) is 7.98. The second-order valence-electron chi connectivity index (χ2n) is 9.06. The predicted octanol–water partition coefficient (Wildman–Crippen LogP) is 4.00. The number of aliphatic imine (C=N–C) groups is 2. The molecule has 0 spiro atoms. The molecule has 0 bridgehead atoms. The van der Waals surface area contributed by atoms with Crippen LogP contribution in [0, 0.1) is 5.92 Å². The molecule has 0 radical (unpaired) electrons. The van der Waals surface area contributed by atoms with Crippen molar-refractivity contribution in [2.45, 2.75) is 45.1 Å². The topological polar surface area (TPSA) is 51.5 Å². The molecule has 7 heteroatoms. The van der Waals surface area contributed by atoms with Crippen LogP contribution in [0.1, 0.15) is 48.8 Å². The number of likely N-dealkylation sites (N-methyl/N-ethyl adjacent to an activating group) is 1. The second kappa shape index (κ2) is 8.36. The smallest absolute Gasteiger partial charge is 0.284 e. The summed E-state index contributed by atoms with van der Waals surface area (Å²) in [5.74, 6) is 1.20. The fourth-order valence-electron chi connectivity index (χ4n) is 5.00. The van der Waals surface area contributed by atoms with Crippen LogP contribution in [-0.2, 0) is 4.79 Å². The maximum absolute atomic E-state index is 13.6. The molecule has 0 N–H and O–H groups in total. The van der Waals surface area contributed by atoms with E-state index in [-0.39, 0.29) is 11.9 Å². The van der Waals surface area contributed by atoms with E-state index in [1.165, 1.54) is 37.8 Å². The maximum atomic E-state index is 13.6. The molecule has 1 aromatic rings. The van der Waals surface area contributed by atoms with E-state index >= 15 is 0 Å². The van der Waals surface area contributed by atoms with Gasteiger partial charge in [-0.1, -0.05) is 31.9 Å². The van der Waals surface area contributed by atoms with E-state index in [0.29, 0.717) is 11.6 Å². The van der Waals surface area contributed by atoms with Gasteiger partial charge < -0.3 is 9.80 Å². The minimum absolute atomic E-state index is 0.0319. The van der Waals surface area contributed by atoms with Gasteiger partial charge >= 0.3 is 0 Å². The molecule has 3 aliphatic heterocycles. The molecule has 1 aromatic heterocycles. The van der Waals surface area contributed by atoms with Crippen LogP contribution < -0.4 is 4.90 Å². The van der Waals surface area contributed by atoms with E-state index in [9.17, 15) is 4.79 Å². The average molecular weight is 438 g/mol. The zero-order chi connectivity index (χ0) is 21.5. The Kier molecular flexibility index (Phi) is 5.56. The van der Waals surface area contributed by atoms with Crippen molar-refractivity contribution in [3.8, 4) is 0 Å². The van der Waals surface area contributed by atoms with Gasteiger partial charge in [-0.25, -0.2) is 4.99 Å². The van der Waals surface area contributed by atoms with Crippen molar-refractivity contribution in [3.63, 3.8) is 0 Å². The summed E-state index contributed by atoms with van der Waals surface area (Å²) in [6.45, 7) is 9.88. The first-order chi connectivity index (χ1) is 15.0. The Labute approximate surface area is 188 Å². The molecule has 5 rings (SSSR count). The molecule has 1 atom stereocenters. The maximum Gasteiger partial charge on any atom is 0.284 e. The number of amidine groups is 1. The van der Waals surface area contributed by atoms with E-state index in [4.69, 9.17) is 9.98 Å². The molecule has 4 heterocycles. The minimum atomic E-state index is -0.133. The number of amides is 1. The molecule has 164 valence electrons. The van der Waals surface area contributed by atoms with E-state index in [2.05, 4.69) is 36.4 Å². The molecule has 4 aliphatic rings. The quantitative estimate of drug-likeness (QED) is 0.672. The van der Waals surface area contributed by atoms with E-state index in [1.54, 1.807) is 11.3 Å². The molecular formula is C24H31N5OS. The first-order valence-corrected chi connectivity index (χ1v) is 12.3. The lowest BCUT2D eigenvalue weighted by atomic mass is 9.85. The van der Waals surface area contributed by atoms with Gasteiger partial charge in [0.25, 0.3) is 5.91 Å². The minimum Gasteiger partial charge on any atom is -0.373 e. The van der Waals surface area contributed by atoms with Crippen LogP contribution in [0.15, 0.2) is 34.5 Å². The highest BCUT2D eigenvalue weighted by Gasteiger charge is 2.40. The summed E-state index contributed by atoms with van der Waals surface area (Å²) < 4.78 is 0. The molecule has 31 heavy (non-hydrogen) atoms. The Hall–Kier alpha value is -2.25. The molecule has 6 nitrogen and oxygen atoms in total. The van der Waals surface area contributed by atoms with Crippen molar-refractivity contribution >= 4 is 40.6 Å². The number of fused-ring (bicyclic) bond motifs is 3. The Bertz CT molecular complexity index is 976. The van der Waals surface area contributed by atoms with Crippen LogP contribution >= 0.6 is 11.3 Å². The van der Waals surface area contributed by atoms with Gasteiger partial charge in [0.05, 0.1) is 16.3 Å². The van der Waals surface area contributed by atoms with Gasteiger partial charge in [-0.05, 0) is 32.9 Å². The number of carbonyl (C=O) groups is 1. The fraction of sp³-hybridized carbons (Fsp3) is 0.542. The van der Waals surface area contributed by atoms with Crippen LogP contribution in [0.5, 0.6) is 0 Å². The first kappa shape index (κ1) is 20.6. The van der Waals surface area contributed by atoms with E-state index < -0.39 is 0 Å². The summed E-state index contributed by atoms with van der Waals surface area (Å²) in [5, 5.41) is 0. The highest BCUT2D eigenvalue weighted by atomic mass is 32.1. The highest BCUT2D eigenvalue weighted by molar-refractivity contribution is 7.15. The SMILES string of the molecule is C=Cc1cc2c(s1)C(C1CCCCC1)=NC(C)C1=N/C(=C\N3CCN(C)CC3)C(=O)N12. The number of rotatable bonds is 3. The molecule has 1 saturated heterocycles. The highest BCUT2D eigenvalue weighted by Crippen LogP contribution is 2.41. The standard InChI is InChI=1S/C24H31N5OS/c1-4-18-14-20-22(31-18)21(17-8-6-5-7-9-17)25-16(2)23-26-19(24(30)29(20)23)15-28-12-10-27(3)11-13-28/h4,14-17H,1,5-13H2,2-3H3/b19-15-. The van der Waals surface area contributed by atoms with Crippen LogP contribution in [0.3, 0.4) is 0 Å². The van der Waals surface area contributed by atoms with Crippen LogP contribution in [0.25, 0.3) is 6.08 Å². The monoisotopic (exact) mass is 437 g/mol. The van der Waals surface area contributed by atoms with Crippen molar-refractivity contribution in [1.82, 2.24) is 9.80 Å². The first-order valence-electron chi connectivity index (χ1n) is 11.5. The molecule has 1 saturated carbocycles. The summed E-state index contributed by atoms with van der Waals surface area (Å²) in [7, 11) is 2.13. The van der Waals surface area contributed by atoms with Crippen molar-refractivity contribution in [2.75, 3.05) is 38.1 Å². The number of hydrogen-bond acceptors (Lipinski definition) is 6. The van der Waals surface area contributed by atoms with Crippen molar-refractivity contribution in [2.24, 2.45) is 15.9 Å². The molecule has 1 unspecified atom stereocenters. The molecular weight excluding hydrogens is 406 g/mol. The summed E-state index contributed by atoms with van der Waals surface area (Å²) in [5.41, 5.74) is 2.65. The number of nitrogens with zero attached hydrogens (tertiary/aromatic N) is 5. The third kappa shape index (κ3) is 3.78. The van der Waals surface area contributed by atoms with Gasteiger partial charge in [0.2, 0.25) is 0 Å². The average Bonchev–Trinajstić information content (AvgIpc) is 3.32. The van der Waals surface area contributed by atoms with Gasteiger partial charge in [0, 0.05) is 43.2 Å². The lowest BCUT2D eigenvalue weighted by Gasteiger charge is -2.31. The Morgan fingerprint density at radius 2 is 1.90 bits per heavy atom. The third-order valence-electron chi connectivity index (χ3n) is 6.83. The number of thiophene rings is 1. The van der Waals surface area contributed by atoms with Crippen LogP contribution in [0.2, 0.25) is 0 Å². The van der Waals surface area contributed by atoms with E-state index in [0.717, 1.165) is 47.5 Å². The zero-order valence-electron chi connectivity index (χ0n) is 18.5. The van der Waals surface area contributed by atoms with Crippen molar-refractivity contribution < 1.29 is 4.79 Å². The number of anilines is 1. The van der Waals surface area contributed by atoms with Crippen LogP contribution in [0.4, 0.5) is 5.69 Å². The summed E-state index contributed by atoms with van der Waals surface area (Å²) >= 11 is 1.71. The lowest BCUT2D eigenvalue weighted by Crippen LogP contribution is -2.42. The number of piperazine rings is 1. The van der Waals surface area contributed by atoms with Gasteiger partial charge in [-0.2, -0.15) is 0 Å². The molecule has 1 amide bonds. The predicted molar refractivity (Wildman–Crippen MR) is 129 cm³/mol. The summed E-state index contributed by atoms with van der Waals surface area (Å²) in [6.07, 6.45) is 10.0. The van der Waals surface area contributed by atoms with Crippen molar-refractivity contribution in [1.29, 1.82) is 0 Å². The van der Waals surface area contributed by atoms with Gasteiger partial charge in [-0.3, -0.25) is 14.7 Å². The Morgan fingerprint density at radius 1 is 1.16 bits per heavy atom. The zero-order valence-corrected chi connectivity index (χ0v) is 19.3. The normalized spacial score (nSPS) is 26.5. The molecule has 2 fully saturated rings. The molecule has 1 aliphatic carbocycles. The van der Waals surface area contributed by atoms with Gasteiger partial charge in [-0.15, -0.1) is 11.3 Å². The van der Waals surface area contributed by atoms with Gasteiger partial charge in [0.1, 0.15) is 17.6 Å². The number of hydrogen-bond donors (Lipinski definition) is 0. The summed E-state index contributed by atoms with van der Waals surface area (Å²) in [4.78, 5) is 32.1. The van der Waals surface area contributed by atoms with Crippen molar-refractivity contribution in [3.05, 3.63) is 34.3 Å². The fourth-order valence-corrected chi connectivity index (χ4v) is 6.07. The van der Waals surface area contributed by atoms with Gasteiger partial charge in [0.15, 0.2) is 0 Å². The molecule has 0 aromatic carbocycles. The lowest BCUT2D eigenvalue weighted by molar-refractivity contribution is -0.114. The summed E-state index contributed by atoms with van der Waals surface area (Å²) in [6, 6.07) is 1.96.